The van der Waals surface area contributed by atoms with Crippen LogP contribution < -0.4 is 0 Å². The predicted octanol–water partition coefficient (Wildman–Crippen LogP) is 1.82. The van der Waals surface area contributed by atoms with Crippen molar-refractivity contribution in [2.45, 2.75) is 32.6 Å². The van der Waals surface area contributed by atoms with Gasteiger partial charge in [-0.05, 0) is 26.2 Å². The number of hydrogen-bond donors (Lipinski definition) is 0. The van der Waals surface area contributed by atoms with Gasteiger partial charge >= 0.3 is 5.97 Å². The molecule has 1 rings (SSSR count). The van der Waals surface area contributed by atoms with Crippen molar-refractivity contribution in [3.8, 4) is 0 Å². The second-order valence-electron chi connectivity index (χ2n) is 2.75. The van der Waals surface area contributed by atoms with Gasteiger partial charge < -0.3 is 4.74 Å². The zero-order chi connectivity index (χ0) is 8.10. The molecule has 0 aromatic carbocycles. The number of carbonyl (C=O) groups excluding carboxylic acids is 1. The third-order valence-electron chi connectivity index (χ3n) is 1.88. The van der Waals surface area contributed by atoms with Crippen molar-refractivity contribution in [1.82, 2.24) is 0 Å². The summed E-state index contributed by atoms with van der Waals surface area (Å²) >= 11 is 0. The molecule has 0 aliphatic heterocycles. The average molecular weight is 154 g/mol. The molecule has 62 valence electrons. The monoisotopic (exact) mass is 154 g/mol. The highest BCUT2D eigenvalue weighted by molar-refractivity contribution is 5.73. The first kappa shape index (κ1) is 8.57. The van der Waals surface area contributed by atoms with Gasteiger partial charge in [-0.3, -0.25) is 4.79 Å². The molecule has 1 aliphatic carbocycles. The van der Waals surface area contributed by atoms with Crippen LogP contribution in [0.5, 0.6) is 0 Å². The van der Waals surface area contributed by atoms with Crippen LogP contribution in [-0.4, -0.2) is 12.6 Å². The van der Waals surface area contributed by atoms with Gasteiger partial charge in [0.25, 0.3) is 0 Å². The summed E-state index contributed by atoms with van der Waals surface area (Å²) in [5, 5.41) is 0. The third kappa shape index (κ3) is 2.52. The van der Waals surface area contributed by atoms with Crippen molar-refractivity contribution in [2.24, 2.45) is 5.92 Å². The lowest BCUT2D eigenvalue weighted by Crippen LogP contribution is -2.20. The van der Waals surface area contributed by atoms with Crippen molar-refractivity contribution in [1.29, 1.82) is 0 Å². The first-order valence-electron chi connectivity index (χ1n) is 4.24. The lowest BCUT2D eigenvalue weighted by molar-refractivity contribution is -0.147. The highest BCUT2D eigenvalue weighted by Gasteiger charge is 2.22. The summed E-state index contributed by atoms with van der Waals surface area (Å²) in [5.74, 6) is -0.129. The Morgan fingerprint density at radius 3 is 3.00 bits per heavy atom. The number of esters is 1. The standard InChI is InChI=1S/C9H14O2/c1-2-11-9(10)8-6-4-3-5-7-8/h8H,2-6H2,1H3. The van der Waals surface area contributed by atoms with Gasteiger partial charge in [0.15, 0.2) is 0 Å². The Morgan fingerprint density at radius 1 is 1.64 bits per heavy atom. The highest BCUT2D eigenvalue weighted by Crippen LogP contribution is 2.23. The molecule has 0 saturated heterocycles. The molecule has 1 atom stereocenters. The molecular weight excluding hydrogens is 140 g/mol. The number of ether oxygens (including phenoxy) is 1. The lowest BCUT2D eigenvalue weighted by Gasteiger charge is -2.18. The second kappa shape index (κ2) is 4.37. The van der Waals surface area contributed by atoms with Crippen LogP contribution in [0.3, 0.4) is 0 Å². The maximum atomic E-state index is 11.1. The fourth-order valence-corrected chi connectivity index (χ4v) is 1.30. The fourth-order valence-electron chi connectivity index (χ4n) is 1.30. The average Bonchev–Trinajstić information content (AvgIpc) is 2.07. The summed E-state index contributed by atoms with van der Waals surface area (Å²) in [6, 6.07) is 0. The van der Waals surface area contributed by atoms with E-state index < -0.39 is 0 Å². The molecule has 1 unspecified atom stereocenters. The molecule has 1 aliphatic rings. The molecule has 1 fully saturated rings. The van der Waals surface area contributed by atoms with Gasteiger partial charge in [0.1, 0.15) is 0 Å². The van der Waals surface area contributed by atoms with Gasteiger partial charge in [-0.1, -0.05) is 12.8 Å². The Labute approximate surface area is 67.9 Å². The van der Waals surface area contributed by atoms with E-state index in [1.165, 1.54) is 6.42 Å². The molecule has 0 spiro atoms. The summed E-state index contributed by atoms with van der Waals surface area (Å²) in [6.45, 7) is 2.32. The minimum Gasteiger partial charge on any atom is -0.466 e. The topological polar surface area (TPSA) is 26.3 Å². The Morgan fingerprint density at radius 2 is 2.45 bits per heavy atom. The largest absolute Gasteiger partial charge is 0.466 e. The van der Waals surface area contributed by atoms with Gasteiger partial charge in [0.2, 0.25) is 0 Å². The van der Waals surface area contributed by atoms with Crippen molar-refractivity contribution in [3.63, 3.8) is 0 Å². The van der Waals surface area contributed by atoms with E-state index in [1.807, 2.05) is 6.92 Å². The van der Waals surface area contributed by atoms with Crippen LogP contribution in [0, 0.1) is 12.3 Å². The minimum atomic E-state index is -0.0906. The Hall–Kier alpha value is -0.530. The summed E-state index contributed by atoms with van der Waals surface area (Å²) in [6.07, 6.45) is 7.32. The molecule has 0 bridgehead atoms. The van der Waals surface area contributed by atoms with Crippen LogP contribution >= 0.6 is 0 Å². The van der Waals surface area contributed by atoms with E-state index in [9.17, 15) is 4.79 Å². The SMILES string of the molecule is CCOC(=O)C1[C]CCCC1. The van der Waals surface area contributed by atoms with Crippen molar-refractivity contribution < 1.29 is 9.53 Å². The van der Waals surface area contributed by atoms with Crippen LogP contribution in [0.15, 0.2) is 0 Å². The zero-order valence-corrected chi connectivity index (χ0v) is 6.93. The minimum absolute atomic E-state index is 0.0382. The molecule has 0 N–H and O–H groups in total. The Balaban J connectivity index is 2.27. The second-order valence-corrected chi connectivity index (χ2v) is 2.75. The van der Waals surface area contributed by atoms with Crippen LogP contribution in [0.1, 0.15) is 32.6 Å². The maximum absolute atomic E-state index is 11.1. The number of carbonyl (C=O) groups is 1. The fraction of sp³-hybridized carbons (Fsp3) is 0.778. The normalized spacial score (nSPS) is 19.7. The predicted molar refractivity (Wildman–Crippen MR) is 41.8 cm³/mol. The lowest BCUT2D eigenvalue weighted by atomic mass is 9.89. The Bertz CT molecular complexity index is 126. The molecule has 0 aromatic rings. The third-order valence-corrected chi connectivity index (χ3v) is 1.88. The molecule has 0 heterocycles. The van der Waals surface area contributed by atoms with Gasteiger partial charge in [0.05, 0.1) is 12.5 Å². The van der Waals surface area contributed by atoms with E-state index in [1.54, 1.807) is 0 Å². The van der Waals surface area contributed by atoms with E-state index in [4.69, 9.17) is 4.74 Å². The van der Waals surface area contributed by atoms with Gasteiger partial charge in [-0.25, -0.2) is 0 Å². The van der Waals surface area contributed by atoms with Crippen LogP contribution in [0.25, 0.3) is 0 Å². The quantitative estimate of drug-likeness (QED) is 0.567. The van der Waals surface area contributed by atoms with E-state index >= 15 is 0 Å². The summed E-state index contributed by atoms with van der Waals surface area (Å²) in [4.78, 5) is 11.1. The molecule has 2 radical (unpaired) electrons. The molecule has 0 amide bonds. The Kier molecular flexibility index (Phi) is 3.40. The number of rotatable bonds is 2. The highest BCUT2D eigenvalue weighted by atomic mass is 16.5. The van der Waals surface area contributed by atoms with E-state index in [2.05, 4.69) is 6.42 Å². The van der Waals surface area contributed by atoms with Crippen LogP contribution in [0.2, 0.25) is 0 Å². The van der Waals surface area contributed by atoms with Crippen molar-refractivity contribution in [3.05, 3.63) is 6.42 Å². The van der Waals surface area contributed by atoms with E-state index in [0.29, 0.717) is 6.61 Å². The van der Waals surface area contributed by atoms with Gasteiger partial charge in [-0.2, -0.15) is 0 Å². The maximum Gasteiger partial charge on any atom is 0.309 e. The van der Waals surface area contributed by atoms with Crippen LogP contribution in [0.4, 0.5) is 0 Å². The summed E-state index contributed by atoms with van der Waals surface area (Å²) in [7, 11) is 0. The first-order valence-corrected chi connectivity index (χ1v) is 4.24. The molecule has 2 nitrogen and oxygen atoms in total. The first-order chi connectivity index (χ1) is 5.34. The molecule has 11 heavy (non-hydrogen) atoms. The number of hydrogen-bond acceptors (Lipinski definition) is 2. The molecule has 1 saturated carbocycles. The van der Waals surface area contributed by atoms with Crippen molar-refractivity contribution in [2.75, 3.05) is 6.61 Å². The zero-order valence-electron chi connectivity index (χ0n) is 6.93. The molecule has 2 heteroatoms. The molecule has 0 aromatic heterocycles. The van der Waals surface area contributed by atoms with Crippen molar-refractivity contribution >= 4 is 5.97 Å². The van der Waals surface area contributed by atoms with E-state index in [-0.39, 0.29) is 11.9 Å². The summed E-state index contributed by atoms with van der Waals surface area (Å²) < 4.78 is 4.88. The molecular formula is C9H14O2. The van der Waals surface area contributed by atoms with Gasteiger partial charge in [-0.15, -0.1) is 0 Å². The van der Waals surface area contributed by atoms with Crippen LogP contribution in [-0.2, 0) is 9.53 Å². The van der Waals surface area contributed by atoms with Gasteiger partial charge in [0, 0.05) is 0 Å². The van der Waals surface area contributed by atoms with E-state index in [0.717, 1.165) is 19.3 Å². The smallest absolute Gasteiger partial charge is 0.309 e. The summed E-state index contributed by atoms with van der Waals surface area (Å²) in [5.41, 5.74) is 0.